The van der Waals surface area contributed by atoms with Gasteiger partial charge in [-0.2, -0.15) is 0 Å². The molecule has 0 spiro atoms. The van der Waals surface area contributed by atoms with Gasteiger partial charge in [0, 0.05) is 13.1 Å². The van der Waals surface area contributed by atoms with E-state index in [1.807, 2.05) is 37.3 Å². The summed E-state index contributed by atoms with van der Waals surface area (Å²) >= 11 is 0. The van der Waals surface area contributed by atoms with Crippen molar-refractivity contribution in [3.05, 3.63) is 71.5 Å². The predicted molar refractivity (Wildman–Crippen MR) is 77.6 cm³/mol. The molecule has 104 valence electrons. The lowest BCUT2D eigenvalue weighted by molar-refractivity contribution is -0.130. The highest BCUT2D eigenvalue weighted by atomic mass is 19.1. The van der Waals surface area contributed by atoms with Crippen molar-refractivity contribution in [3.8, 4) is 0 Å². The van der Waals surface area contributed by atoms with Crippen LogP contribution in [-0.2, 0) is 17.8 Å². The van der Waals surface area contributed by atoms with Gasteiger partial charge in [-0.25, -0.2) is 4.39 Å². The van der Waals surface area contributed by atoms with Gasteiger partial charge in [-0.05, 0) is 30.2 Å². The quantitative estimate of drug-likeness (QED) is 0.816. The second kappa shape index (κ2) is 6.85. The summed E-state index contributed by atoms with van der Waals surface area (Å²) in [6, 6.07) is 16.1. The molecule has 0 heterocycles. The average molecular weight is 271 g/mol. The van der Waals surface area contributed by atoms with Gasteiger partial charge in [0.05, 0.1) is 6.42 Å². The van der Waals surface area contributed by atoms with Gasteiger partial charge in [-0.3, -0.25) is 4.79 Å². The molecule has 0 atom stereocenters. The Balaban J connectivity index is 2.02. The van der Waals surface area contributed by atoms with Crippen LogP contribution in [0.15, 0.2) is 54.6 Å². The van der Waals surface area contributed by atoms with Gasteiger partial charge < -0.3 is 4.90 Å². The third-order valence-corrected chi connectivity index (χ3v) is 3.20. The fourth-order valence-corrected chi connectivity index (χ4v) is 2.11. The monoisotopic (exact) mass is 271 g/mol. The molecule has 0 saturated carbocycles. The van der Waals surface area contributed by atoms with E-state index < -0.39 is 0 Å². The van der Waals surface area contributed by atoms with Gasteiger partial charge in [0.2, 0.25) is 5.91 Å². The van der Waals surface area contributed by atoms with Crippen molar-refractivity contribution < 1.29 is 9.18 Å². The molecule has 2 nitrogen and oxygen atoms in total. The van der Waals surface area contributed by atoms with Crippen LogP contribution in [0.5, 0.6) is 0 Å². The van der Waals surface area contributed by atoms with Crippen LogP contribution in [0.1, 0.15) is 18.1 Å². The molecule has 0 N–H and O–H groups in total. The third-order valence-electron chi connectivity index (χ3n) is 3.20. The first kappa shape index (κ1) is 14.3. The zero-order valence-electron chi connectivity index (χ0n) is 11.6. The Morgan fingerprint density at radius 3 is 2.40 bits per heavy atom. The van der Waals surface area contributed by atoms with E-state index in [1.165, 1.54) is 12.1 Å². The normalized spacial score (nSPS) is 10.3. The fraction of sp³-hybridized carbons (Fsp3) is 0.235. The summed E-state index contributed by atoms with van der Waals surface area (Å²) in [6.07, 6.45) is 0.235. The molecule has 3 heteroatoms. The summed E-state index contributed by atoms with van der Waals surface area (Å²) < 4.78 is 13.1. The second-order valence-corrected chi connectivity index (χ2v) is 4.70. The van der Waals surface area contributed by atoms with Gasteiger partial charge in [0.15, 0.2) is 0 Å². The second-order valence-electron chi connectivity index (χ2n) is 4.70. The van der Waals surface area contributed by atoms with Crippen LogP contribution in [0.3, 0.4) is 0 Å². The first-order valence-corrected chi connectivity index (χ1v) is 6.75. The molecular formula is C17H18FNO. The molecule has 0 aliphatic rings. The molecular weight excluding hydrogens is 253 g/mol. The fourth-order valence-electron chi connectivity index (χ4n) is 2.11. The zero-order chi connectivity index (χ0) is 14.4. The largest absolute Gasteiger partial charge is 0.338 e. The smallest absolute Gasteiger partial charge is 0.227 e. The lowest BCUT2D eigenvalue weighted by Gasteiger charge is -2.21. The molecule has 2 aromatic carbocycles. The summed E-state index contributed by atoms with van der Waals surface area (Å²) in [6.45, 7) is 3.18. The van der Waals surface area contributed by atoms with Crippen molar-refractivity contribution in [2.75, 3.05) is 6.54 Å². The van der Waals surface area contributed by atoms with Crippen LogP contribution in [0, 0.1) is 5.82 Å². The summed E-state index contributed by atoms with van der Waals surface area (Å²) in [5.41, 5.74) is 1.81. The Morgan fingerprint density at radius 1 is 1.05 bits per heavy atom. The Bertz CT molecular complexity index is 568. The minimum absolute atomic E-state index is 0.0157. The molecule has 20 heavy (non-hydrogen) atoms. The molecule has 0 aliphatic heterocycles. The first-order chi connectivity index (χ1) is 9.69. The van der Waals surface area contributed by atoms with Crippen LogP contribution < -0.4 is 0 Å². The van der Waals surface area contributed by atoms with E-state index in [0.29, 0.717) is 18.7 Å². The molecule has 2 aromatic rings. The summed E-state index contributed by atoms with van der Waals surface area (Å²) in [5.74, 6) is -0.289. The Morgan fingerprint density at radius 2 is 1.75 bits per heavy atom. The van der Waals surface area contributed by atoms with E-state index >= 15 is 0 Å². The van der Waals surface area contributed by atoms with Gasteiger partial charge in [-0.1, -0.05) is 42.5 Å². The SMILES string of the molecule is CCN(Cc1ccccc1)C(=O)Cc1cccc(F)c1. The molecule has 1 amide bonds. The maximum Gasteiger partial charge on any atom is 0.227 e. The lowest BCUT2D eigenvalue weighted by Crippen LogP contribution is -2.31. The maximum absolute atomic E-state index is 13.1. The number of carbonyl (C=O) groups is 1. The Labute approximate surface area is 118 Å². The Hall–Kier alpha value is -2.16. The number of benzene rings is 2. The molecule has 0 bridgehead atoms. The van der Waals surface area contributed by atoms with E-state index in [9.17, 15) is 9.18 Å². The number of nitrogens with zero attached hydrogens (tertiary/aromatic N) is 1. The highest BCUT2D eigenvalue weighted by molar-refractivity contribution is 5.78. The molecule has 2 rings (SSSR count). The van der Waals surface area contributed by atoms with Crippen LogP contribution in [0.4, 0.5) is 4.39 Å². The predicted octanol–water partition coefficient (Wildman–Crippen LogP) is 3.42. The van der Waals surface area contributed by atoms with E-state index in [4.69, 9.17) is 0 Å². The van der Waals surface area contributed by atoms with Crippen molar-refractivity contribution in [2.24, 2.45) is 0 Å². The van der Waals surface area contributed by atoms with Crippen molar-refractivity contribution in [1.29, 1.82) is 0 Å². The minimum atomic E-state index is -0.304. The Kier molecular flexibility index (Phi) is 4.88. The topological polar surface area (TPSA) is 20.3 Å². The number of hydrogen-bond donors (Lipinski definition) is 0. The number of halogens is 1. The molecule has 0 aliphatic carbocycles. The third kappa shape index (κ3) is 3.92. The van der Waals surface area contributed by atoms with Crippen molar-refractivity contribution in [2.45, 2.75) is 19.9 Å². The van der Waals surface area contributed by atoms with Crippen molar-refractivity contribution in [3.63, 3.8) is 0 Å². The van der Waals surface area contributed by atoms with E-state index in [2.05, 4.69) is 0 Å². The molecule has 0 saturated heterocycles. The van der Waals surface area contributed by atoms with Gasteiger partial charge in [0.1, 0.15) is 5.82 Å². The number of amides is 1. The van der Waals surface area contributed by atoms with E-state index in [1.54, 1.807) is 17.0 Å². The maximum atomic E-state index is 13.1. The minimum Gasteiger partial charge on any atom is -0.338 e. The lowest BCUT2D eigenvalue weighted by atomic mass is 10.1. The van der Waals surface area contributed by atoms with Crippen molar-refractivity contribution >= 4 is 5.91 Å². The summed E-state index contributed by atoms with van der Waals surface area (Å²) in [7, 11) is 0. The molecule has 0 radical (unpaired) electrons. The van der Waals surface area contributed by atoms with Gasteiger partial charge in [0.25, 0.3) is 0 Å². The number of hydrogen-bond acceptors (Lipinski definition) is 1. The average Bonchev–Trinajstić information content (AvgIpc) is 2.45. The van der Waals surface area contributed by atoms with Crippen LogP contribution in [0.2, 0.25) is 0 Å². The van der Waals surface area contributed by atoms with E-state index in [0.717, 1.165) is 5.56 Å². The standard InChI is InChI=1S/C17H18FNO/c1-2-19(13-14-7-4-3-5-8-14)17(20)12-15-9-6-10-16(18)11-15/h3-11H,2,12-13H2,1H3. The number of rotatable bonds is 5. The van der Waals surface area contributed by atoms with Crippen LogP contribution in [-0.4, -0.2) is 17.4 Å². The highest BCUT2D eigenvalue weighted by Crippen LogP contribution is 2.09. The highest BCUT2D eigenvalue weighted by Gasteiger charge is 2.13. The van der Waals surface area contributed by atoms with Crippen LogP contribution in [0.25, 0.3) is 0 Å². The van der Waals surface area contributed by atoms with Crippen LogP contribution >= 0.6 is 0 Å². The van der Waals surface area contributed by atoms with E-state index in [-0.39, 0.29) is 18.1 Å². The first-order valence-electron chi connectivity index (χ1n) is 6.75. The molecule has 0 fully saturated rings. The van der Waals surface area contributed by atoms with Gasteiger partial charge >= 0.3 is 0 Å². The molecule has 0 aromatic heterocycles. The van der Waals surface area contributed by atoms with Gasteiger partial charge in [-0.15, -0.1) is 0 Å². The zero-order valence-corrected chi connectivity index (χ0v) is 11.6. The molecule has 0 unspecified atom stereocenters. The number of carbonyl (C=O) groups excluding carboxylic acids is 1. The summed E-state index contributed by atoms with van der Waals surface area (Å²) in [4.78, 5) is 14.0. The number of likely N-dealkylation sites (N-methyl/N-ethyl adjacent to an activating group) is 1. The van der Waals surface area contributed by atoms with Crippen molar-refractivity contribution in [1.82, 2.24) is 4.90 Å². The summed E-state index contributed by atoms with van der Waals surface area (Å²) in [5, 5.41) is 0.